The molecule has 3 atom stereocenters. The third-order valence-corrected chi connectivity index (χ3v) is 5.42. The third-order valence-electron chi connectivity index (χ3n) is 5.42. The van der Waals surface area contributed by atoms with Crippen molar-refractivity contribution in [2.75, 3.05) is 0 Å². The lowest BCUT2D eigenvalue weighted by Gasteiger charge is -2.57. The Balaban J connectivity index is 1.96. The van der Waals surface area contributed by atoms with E-state index in [1.54, 1.807) is 0 Å². The molecular formula is C12H20O. The molecule has 0 bridgehead atoms. The van der Waals surface area contributed by atoms with Crippen LogP contribution in [0.3, 0.4) is 0 Å². The van der Waals surface area contributed by atoms with Gasteiger partial charge in [-0.25, -0.2) is 0 Å². The molecule has 0 amide bonds. The zero-order chi connectivity index (χ0) is 8.94. The van der Waals surface area contributed by atoms with Crippen molar-refractivity contribution in [3.05, 3.63) is 0 Å². The van der Waals surface area contributed by atoms with Gasteiger partial charge in [0.1, 0.15) is 0 Å². The molecule has 0 radical (unpaired) electrons. The molecule has 3 aliphatic rings. The van der Waals surface area contributed by atoms with Crippen LogP contribution in [0.15, 0.2) is 0 Å². The second kappa shape index (κ2) is 2.50. The molecule has 0 aromatic carbocycles. The first-order valence-corrected chi connectivity index (χ1v) is 5.97. The molecule has 0 aromatic heterocycles. The fourth-order valence-electron chi connectivity index (χ4n) is 4.52. The standard InChI is InChI=1S/C12H20O/c13-10-4-7-11-5-2-1-3-6-12(10,11)9-8-11/h10,13H,1-9H2. The van der Waals surface area contributed by atoms with Gasteiger partial charge < -0.3 is 5.11 Å². The van der Waals surface area contributed by atoms with E-state index in [0.29, 0.717) is 10.8 Å². The van der Waals surface area contributed by atoms with Crippen molar-refractivity contribution < 1.29 is 5.11 Å². The van der Waals surface area contributed by atoms with Gasteiger partial charge >= 0.3 is 0 Å². The average Bonchev–Trinajstić information content (AvgIpc) is 2.24. The number of rotatable bonds is 0. The van der Waals surface area contributed by atoms with Crippen LogP contribution in [0.2, 0.25) is 0 Å². The topological polar surface area (TPSA) is 20.2 Å². The molecule has 1 nitrogen and oxygen atoms in total. The SMILES string of the molecule is OC1CCC23CCCCCC12CC3. The largest absolute Gasteiger partial charge is 0.393 e. The van der Waals surface area contributed by atoms with Crippen LogP contribution in [0.4, 0.5) is 0 Å². The van der Waals surface area contributed by atoms with Crippen LogP contribution in [0, 0.1) is 10.8 Å². The smallest absolute Gasteiger partial charge is 0.0602 e. The molecule has 0 saturated heterocycles. The van der Waals surface area contributed by atoms with Crippen molar-refractivity contribution in [3.8, 4) is 0 Å². The van der Waals surface area contributed by atoms with Crippen molar-refractivity contribution in [3.63, 3.8) is 0 Å². The van der Waals surface area contributed by atoms with Crippen LogP contribution in [0.5, 0.6) is 0 Å². The Hall–Kier alpha value is -0.0400. The summed E-state index contributed by atoms with van der Waals surface area (Å²) in [7, 11) is 0. The number of aliphatic hydroxyl groups excluding tert-OH is 1. The Kier molecular flexibility index (Phi) is 1.59. The first-order valence-electron chi connectivity index (χ1n) is 5.97. The molecule has 0 heterocycles. The molecule has 3 fully saturated rings. The summed E-state index contributed by atoms with van der Waals surface area (Å²) in [5, 5.41) is 10.1. The first kappa shape index (κ1) is 8.28. The molecule has 3 aliphatic carbocycles. The maximum absolute atomic E-state index is 10.1. The molecule has 0 aromatic rings. The fourth-order valence-corrected chi connectivity index (χ4v) is 4.52. The molecule has 74 valence electrons. The summed E-state index contributed by atoms with van der Waals surface area (Å²) in [6, 6.07) is 0. The maximum atomic E-state index is 10.1. The highest BCUT2D eigenvalue weighted by Crippen LogP contribution is 2.71. The molecule has 13 heavy (non-hydrogen) atoms. The van der Waals surface area contributed by atoms with Crippen molar-refractivity contribution >= 4 is 0 Å². The van der Waals surface area contributed by atoms with Crippen LogP contribution in [-0.2, 0) is 0 Å². The highest BCUT2D eigenvalue weighted by atomic mass is 16.3. The number of hydrogen-bond donors (Lipinski definition) is 1. The van der Waals surface area contributed by atoms with Gasteiger partial charge in [-0.1, -0.05) is 19.3 Å². The normalized spacial score (nSPS) is 54.7. The average molecular weight is 180 g/mol. The summed E-state index contributed by atoms with van der Waals surface area (Å²) in [5.74, 6) is 0. The molecule has 3 unspecified atom stereocenters. The van der Waals surface area contributed by atoms with Crippen LogP contribution < -0.4 is 0 Å². The predicted molar refractivity (Wildman–Crippen MR) is 52.4 cm³/mol. The Morgan fingerprint density at radius 1 is 0.846 bits per heavy atom. The lowest BCUT2D eigenvalue weighted by Crippen LogP contribution is -2.51. The van der Waals surface area contributed by atoms with Gasteiger partial charge in [0.2, 0.25) is 0 Å². The highest BCUT2D eigenvalue weighted by Gasteiger charge is 2.64. The van der Waals surface area contributed by atoms with E-state index < -0.39 is 0 Å². The van der Waals surface area contributed by atoms with E-state index in [4.69, 9.17) is 0 Å². The lowest BCUT2D eigenvalue weighted by molar-refractivity contribution is -0.117. The van der Waals surface area contributed by atoms with Gasteiger partial charge in [-0.05, 0) is 43.9 Å². The lowest BCUT2D eigenvalue weighted by atomic mass is 9.48. The molecule has 3 saturated carbocycles. The van der Waals surface area contributed by atoms with Crippen molar-refractivity contribution in [1.82, 2.24) is 0 Å². The Morgan fingerprint density at radius 3 is 2.46 bits per heavy atom. The van der Waals surface area contributed by atoms with E-state index in [1.165, 1.54) is 51.4 Å². The second-order valence-electron chi connectivity index (χ2n) is 5.55. The van der Waals surface area contributed by atoms with E-state index in [-0.39, 0.29) is 6.10 Å². The van der Waals surface area contributed by atoms with Crippen LogP contribution in [0.1, 0.15) is 57.8 Å². The summed E-state index contributed by atoms with van der Waals surface area (Å²) >= 11 is 0. The quantitative estimate of drug-likeness (QED) is 0.607. The van der Waals surface area contributed by atoms with Gasteiger partial charge in [0.05, 0.1) is 6.10 Å². The molecule has 3 rings (SSSR count). The Bertz CT molecular complexity index is 225. The maximum Gasteiger partial charge on any atom is 0.0602 e. The van der Waals surface area contributed by atoms with Crippen LogP contribution >= 0.6 is 0 Å². The molecule has 0 spiro atoms. The van der Waals surface area contributed by atoms with Gasteiger partial charge in [-0.3, -0.25) is 0 Å². The minimum absolute atomic E-state index is 0.0550. The Morgan fingerprint density at radius 2 is 1.69 bits per heavy atom. The van der Waals surface area contributed by atoms with Gasteiger partial charge in [-0.15, -0.1) is 0 Å². The van der Waals surface area contributed by atoms with Crippen molar-refractivity contribution in [2.24, 2.45) is 10.8 Å². The molecule has 1 heteroatoms. The number of hydrogen-bond acceptors (Lipinski definition) is 1. The summed E-state index contributed by atoms with van der Waals surface area (Å²) in [6.07, 6.45) is 12.2. The molecule has 0 aliphatic heterocycles. The predicted octanol–water partition coefficient (Wildman–Crippen LogP) is 2.87. The van der Waals surface area contributed by atoms with Gasteiger partial charge in [0.25, 0.3) is 0 Å². The fraction of sp³-hybridized carbons (Fsp3) is 1.00. The summed E-state index contributed by atoms with van der Waals surface area (Å²) in [6.45, 7) is 0. The first-order chi connectivity index (χ1) is 6.29. The van der Waals surface area contributed by atoms with Crippen molar-refractivity contribution in [2.45, 2.75) is 63.9 Å². The minimum atomic E-state index is 0.0550. The van der Waals surface area contributed by atoms with E-state index in [9.17, 15) is 5.11 Å². The van der Waals surface area contributed by atoms with Crippen LogP contribution in [0.25, 0.3) is 0 Å². The van der Waals surface area contributed by atoms with Gasteiger partial charge in [0.15, 0.2) is 0 Å². The summed E-state index contributed by atoms with van der Waals surface area (Å²) in [5.41, 5.74) is 1.02. The van der Waals surface area contributed by atoms with E-state index in [2.05, 4.69) is 0 Å². The van der Waals surface area contributed by atoms with Crippen LogP contribution in [-0.4, -0.2) is 11.2 Å². The molecule has 1 N–H and O–H groups in total. The summed E-state index contributed by atoms with van der Waals surface area (Å²) < 4.78 is 0. The van der Waals surface area contributed by atoms with Gasteiger partial charge in [-0.2, -0.15) is 0 Å². The zero-order valence-electron chi connectivity index (χ0n) is 8.39. The van der Waals surface area contributed by atoms with E-state index >= 15 is 0 Å². The second-order valence-corrected chi connectivity index (χ2v) is 5.55. The minimum Gasteiger partial charge on any atom is -0.393 e. The van der Waals surface area contributed by atoms with E-state index in [0.717, 1.165) is 6.42 Å². The van der Waals surface area contributed by atoms with E-state index in [1.807, 2.05) is 0 Å². The molecular weight excluding hydrogens is 160 g/mol. The Labute approximate surface area is 80.5 Å². The van der Waals surface area contributed by atoms with Gasteiger partial charge in [0, 0.05) is 5.41 Å². The number of aliphatic hydroxyl groups is 1. The monoisotopic (exact) mass is 180 g/mol. The van der Waals surface area contributed by atoms with Crippen molar-refractivity contribution in [1.29, 1.82) is 0 Å². The summed E-state index contributed by atoms with van der Waals surface area (Å²) in [4.78, 5) is 0. The zero-order valence-corrected chi connectivity index (χ0v) is 8.39. The highest BCUT2D eigenvalue weighted by molar-refractivity contribution is 5.14. The third kappa shape index (κ3) is 0.823.